The van der Waals surface area contributed by atoms with Crippen molar-refractivity contribution in [3.05, 3.63) is 205 Å². The second-order valence-corrected chi connectivity index (χ2v) is 14.4. The van der Waals surface area contributed by atoms with Gasteiger partial charge in [-0.1, -0.05) is 153 Å². The Morgan fingerprint density at radius 3 is 1.60 bits per heavy atom. The first-order valence-electron chi connectivity index (χ1n) is 18.3. The molecule has 9 rings (SSSR count). The summed E-state index contributed by atoms with van der Waals surface area (Å²) in [6.45, 7) is 4.66. The second-order valence-electron chi connectivity index (χ2n) is 14.4. The van der Waals surface area contributed by atoms with Crippen LogP contribution in [-0.2, 0) is 5.41 Å². The minimum Gasteiger partial charge on any atom is -0.355 e. The molecule has 254 valence electrons. The van der Waals surface area contributed by atoms with Gasteiger partial charge in [-0.3, -0.25) is 0 Å². The third-order valence-corrected chi connectivity index (χ3v) is 10.7. The first-order chi connectivity index (χ1) is 26.0. The molecule has 0 unspecified atom stereocenters. The topological polar surface area (TPSA) is 24.1 Å². The Morgan fingerprint density at radius 1 is 0.302 bits per heavy atom. The molecule has 0 aliphatic heterocycles. The maximum atomic E-state index is 3.75. The molecule has 8 aromatic carbocycles. The molecule has 0 saturated heterocycles. The molecule has 53 heavy (non-hydrogen) atoms. The zero-order chi connectivity index (χ0) is 35.8. The van der Waals surface area contributed by atoms with E-state index in [1.165, 1.54) is 55.6 Å². The number of nitrogens with one attached hydrogen (secondary N) is 2. The van der Waals surface area contributed by atoms with Gasteiger partial charge in [0.2, 0.25) is 0 Å². The molecular formula is C51H40N2. The Balaban J connectivity index is 1.01. The summed E-state index contributed by atoms with van der Waals surface area (Å²) in [6, 6.07) is 69.7. The van der Waals surface area contributed by atoms with Crippen LogP contribution in [0.25, 0.3) is 55.6 Å². The van der Waals surface area contributed by atoms with Gasteiger partial charge in [-0.25, -0.2) is 0 Å². The van der Waals surface area contributed by atoms with Crippen LogP contribution in [0.5, 0.6) is 0 Å². The van der Waals surface area contributed by atoms with E-state index in [4.69, 9.17) is 0 Å². The van der Waals surface area contributed by atoms with E-state index in [0.29, 0.717) is 0 Å². The molecule has 0 fully saturated rings. The molecule has 0 atom stereocenters. The van der Waals surface area contributed by atoms with Gasteiger partial charge in [0.05, 0.1) is 0 Å². The van der Waals surface area contributed by atoms with Gasteiger partial charge in [0.1, 0.15) is 0 Å². The number of rotatable bonds is 8. The molecule has 0 bridgehead atoms. The second kappa shape index (κ2) is 13.5. The van der Waals surface area contributed by atoms with Crippen molar-refractivity contribution in [3.8, 4) is 55.6 Å². The molecule has 0 saturated carbocycles. The quantitative estimate of drug-likeness (QED) is 0.167. The smallest absolute Gasteiger partial charge is 0.0464 e. The third-order valence-electron chi connectivity index (χ3n) is 10.7. The Bertz CT molecular complexity index is 2570. The van der Waals surface area contributed by atoms with Crippen LogP contribution < -0.4 is 10.6 Å². The first kappa shape index (κ1) is 32.3. The molecular weight excluding hydrogens is 641 g/mol. The van der Waals surface area contributed by atoms with Crippen molar-refractivity contribution in [3.63, 3.8) is 0 Å². The van der Waals surface area contributed by atoms with Crippen molar-refractivity contribution in [2.45, 2.75) is 19.3 Å². The predicted octanol–water partition coefficient (Wildman–Crippen LogP) is 14.1. The molecule has 0 spiro atoms. The van der Waals surface area contributed by atoms with Crippen LogP contribution in [-0.4, -0.2) is 0 Å². The number of anilines is 4. The van der Waals surface area contributed by atoms with E-state index in [9.17, 15) is 0 Å². The van der Waals surface area contributed by atoms with Crippen LogP contribution in [0.4, 0.5) is 22.7 Å². The number of para-hydroxylation sites is 2. The summed E-state index contributed by atoms with van der Waals surface area (Å²) in [5.41, 5.74) is 19.2. The number of hydrogen-bond donors (Lipinski definition) is 2. The van der Waals surface area contributed by atoms with Crippen molar-refractivity contribution < 1.29 is 0 Å². The maximum Gasteiger partial charge on any atom is 0.0464 e. The maximum absolute atomic E-state index is 3.75. The molecule has 2 N–H and O–H groups in total. The van der Waals surface area contributed by atoms with E-state index in [1.807, 2.05) is 6.07 Å². The van der Waals surface area contributed by atoms with Gasteiger partial charge in [0.15, 0.2) is 0 Å². The van der Waals surface area contributed by atoms with E-state index < -0.39 is 0 Å². The summed E-state index contributed by atoms with van der Waals surface area (Å²) in [4.78, 5) is 0. The zero-order valence-electron chi connectivity index (χ0n) is 30.0. The molecule has 1 aliphatic carbocycles. The van der Waals surface area contributed by atoms with Crippen molar-refractivity contribution >= 4 is 22.7 Å². The lowest BCUT2D eigenvalue weighted by atomic mass is 9.82. The highest BCUT2D eigenvalue weighted by molar-refractivity contribution is 5.89. The van der Waals surface area contributed by atoms with E-state index in [0.717, 1.165) is 33.9 Å². The van der Waals surface area contributed by atoms with Crippen molar-refractivity contribution in [1.29, 1.82) is 0 Å². The van der Waals surface area contributed by atoms with E-state index in [-0.39, 0.29) is 5.41 Å². The molecule has 8 aromatic rings. The minimum atomic E-state index is 0.0124. The highest BCUT2D eigenvalue weighted by atomic mass is 14.9. The molecule has 0 radical (unpaired) electrons. The molecule has 2 nitrogen and oxygen atoms in total. The summed E-state index contributed by atoms with van der Waals surface area (Å²) in [5, 5.41) is 7.37. The monoisotopic (exact) mass is 680 g/mol. The zero-order valence-corrected chi connectivity index (χ0v) is 30.0. The van der Waals surface area contributed by atoms with Crippen LogP contribution in [0, 0.1) is 0 Å². The SMILES string of the molecule is CC1(C)c2ccccc2-c2cc(-c3ccc(Nc4ccc(-c5cccc(-c6ccccc6Nc6ccccc6)c5)cc4-c4ccccc4)cc3)ccc21. The fraction of sp³-hybridized carbons (Fsp3) is 0.0588. The number of benzene rings is 8. The average Bonchev–Trinajstić information content (AvgIpc) is 3.44. The minimum absolute atomic E-state index is 0.0124. The highest BCUT2D eigenvalue weighted by Crippen LogP contribution is 2.49. The first-order valence-corrected chi connectivity index (χ1v) is 18.3. The van der Waals surface area contributed by atoms with Crippen LogP contribution in [0.2, 0.25) is 0 Å². The standard InChI is InChI=1S/C51H40N2/c1-51(2)47-22-11-9-21-44(47)46-34-38(26-30-48(46)51)35-24-28-42(29-25-35)53-50-31-27-39(33-45(50)36-14-5-3-6-15-36)37-16-13-17-40(32-37)43-20-10-12-23-49(43)52-41-18-7-4-8-19-41/h3-34,52-53H,1-2H3. The van der Waals surface area contributed by atoms with Crippen LogP contribution in [0.3, 0.4) is 0 Å². The largest absolute Gasteiger partial charge is 0.355 e. The van der Waals surface area contributed by atoms with Gasteiger partial charge in [-0.15, -0.1) is 0 Å². The average molecular weight is 681 g/mol. The number of fused-ring (bicyclic) bond motifs is 3. The van der Waals surface area contributed by atoms with Gasteiger partial charge in [0, 0.05) is 39.3 Å². The van der Waals surface area contributed by atoms with Gasteiger partial charge in [-0.05, 0) is 110 Å². The van der Waals surface area contributed by atoms with Gasteiger partial charge in [0.25, 0.3) is 0 Å². The summed E-state index contributed by atoms with van der Waals surface area (Å²) in [7, 11) is 0. The highest BCUT2D eigenvalue weighted by Gasteiger charge is 2.35. The van der Waals surface area contributed by atoms with Crippen molar-refractivity contribution in [2.24, 2.45) is 0 Å². The third kappa shape index (κ3) is 6.19. The van der Waals surface area contributed by atoms with Crippen molar-refractivity contribution in [1.82, 2.24) is 0 Å². The van der Waals surface area contributed by atoms with E-state index >= 15 is 0 Å². The Kier molecular flexibility index (Phi) is 8.21. The van der Waals surface area contributed by atoms with E-state index in [2.05, 4.69) is 213 Å². The predicted molar refractivity (Wildman–Crippen MR) is 225 cm³/mol. The Labute approximate surface area is 312 Å². The lowest BCUT2D eigenvalue weighted by Crippen LogP contribution is -2.14. The normalized spacial score (nSPS) is 12.5. The Morgan fingerprint density at radius 2 is 0.811 bits per heavy atom. The van der Waals surface area contributed by atoms with Crippen LogP contribution in [0.15, 0.2) is 194 Å². The van der Waals surface area contributed by atoms with Crippen LogP contribution >= 0.6 is 0 Å². The lowest BCUT2D eigenvalue weighted by molar-refractivity contribution is 0.660. The summed E-state index contributed by atoms with van der Waals surface area (Å²) in [5.74, 6) is 0. The summed E-state index contributed by atoms with van der Waals surface area (Å²) >= 11 is 0. The fourth-order valence-electron chi connectivity index (χ4n) is 7.88. The fourth-order valence-corrected chi connectivity index (χ4v) is 7.88. The molecule has 2 heteroatoms. The lowest BCUT2D eigenvalue weighted by Gasteiger charge is -2.21. The van der Waals surface area contributed by atoms with Gasteiger partial charge in [-0.2, -0.15) is 0 Å². The van der Waals surface area contributed by atoms with Crippen LogP contribution in [0.1, 0.15) is 25.0 Å². The molecule has 0 amide bonds. The summed E-state index contributed by atoms with van der Waals surface area (Å²) in [6.07, 6.45) is 0. The molecule has 0 aromatic heterocycles. The van der Waals surface area contributed by atoms with Gasteiger partial charge < -0.3 is 10.6 Å². The molecule has 1 aliphatic rings. The van der Waals surface area contributed by atoms with E-state index in [1.54, 1.807) is 0 Å². The Hall–Kier alpha value is -6.64. The van der Waals surface area contributed by atoms with Gasteiger partial charge >= 0.3 is 0 Å². The van der Waals surface area contributed by atoms with Crippen molar-refractivity contribution in [2.75, 3.05) is 10.6 Å². The number of hydrogen-bond acceptors (Lipinski definition) is 2. The molecule has 0 heterocycles. The summed E-state index contributed by atoms with van der Waals surface area (Å²) < 4.78 is 0.